The predicted octanol–water partition coefficient (Wildman–Crippen LogP) is 2.04. The highest BCUT2D eigenvalue weighted by Crippen LogP contribution is 2.39. The van der Waals surface area contributed by atoms with Gasteiger partial charge in [-0.3, -0.25) is 9.59 Å². The molecule has 0 bridgehead atoms. The van der Waals surface area contributed by atoms with Gasteiger partial charge in [0.15, 0.2) is 0 Å². The fraction of sp³-hybridized carbons (Fsp3) is 0.571. The third-order valence-electron chi connectivity index (χ3n) is 3.86. The summed E-state index contributed by atoms with van der Waals surface area (Å²) in [5.41, 5.74) is 2.41. The molecule has 2 atom stereocenters. The van der Waals surface area contributed by atoms with E-state index in [1.165, 1.54) is 35.1 Å². The molecule has 0 amide bonds. The van der Waals surface area contributed by atoms with Gasteiger partial charge in [0.1, 0.15) is 0 Å². The Bertz CT molecular complexity index is 473. The number of thiophene rings is 1. The minimum Gasteiger partial charge on any atom is -0.469 e. The first-order chi connectivity index (χ1) is 8.99. The average molecular weight is 282 g/mol. The molecular formula is C14H18O4S. The highest BCUT2D eigenvalue weighted by atomic mass is 32.1. The highest BCUT2D eigenvalue weighted by molar-refractivity contribution is 7.12. The van der Waals surface area contributed by atoms with Crippen LogP contribution in [0.5, 0.6) is 0 Å². The number of aryl methyl sites for hydroxylation is 2. The van der Waals surface area contributed by atoms with Crippen molar-refractivity contribution in [3.63, 3.8) is 0 Å². The number of hydrogen-bond donors (Lipinski definition) is 0. The molecule has 0 saturated carbocycles. The molecule has 0 spiro atoms. The maximum atomic E-state index is 11.9. The molecule has 0 N–H and O–H groups in total. The van der Waals surface area contributed by atoms with Crippen molar-refractivity contribution in [2.75, 3.05) is 14.2 Å². The van der Waals surface area contributed by atoms with Gasteiger partial charge in [-0.1, -0.05) is 0 Å². The van der Waals surface area contributed by atoms with E-state index in [9.17, 15) is 9.59 Å². The smallest absolute Gasteiger partial charge is 0.309 e. The Morgan fingerprint density at radius 1 is 0.947 bits per heavy atom. The van der Waals surface area contributed by atoms with Crippen LogP contribution in [-0.4, -0.2) is 26.2 Å². The molecule has 0 fully saturated rings. The summed E-state index contributed by atoms with van der Waals surface area (Å²) >= 11 is 1.72. The normalized spacial score (nSPS) is 21.7. The van der Waals surface area contributed by atoms with Gasteiger partial charge in [0.05, 0.1) is 26.1 Å². The molecule has 104 valence electrons. The maximum absolute atomic E-state index is 11.9. The topological polar surface area (TPSA) is 52.6 Å². The van der Waals surface area contributed by atoms with Crippen molar-refractivity contribution in [3.8, 4) is 0 Å². The predicted molar refractivity (Wildman–Crippen MR) is 72.2 cm³/mol. The summed E-state index contributed by atoms with van der Waals surface area (Å²) in [7, 11) is 2.72. The van der Waals surface area contributed by atoms with Gasteiger partial charge >= 0.3 is 11.9 Å². The zero-order valence-corrected chi connectivity index (χ0v) is 12.4. The highest BCUT2D eigenvalue weighted by Gasteiger charge is 2.41. The van der Waals surface area contributed by atoms with Crippen molar-refractivity contribution in [2.45, 2.75) is 26.7 Å². The second-order valence-corrected chi connectivity index (χ2v) is 6.27. The molecule has 4 nitrogen and oxygen atoms in total. The van der Waals surface area contributed by atoms with Gasteiger partial charge in [-0.15, -0.1) is 11.3 Å². The molecule has 0 aromatic carbocycles. The molecule has 5 heteroatoms. The van der Waals surface area contributed by atoms with Crippen molar-refractivity contribution in [1.82, 2.24) is 0 Å². The van der Waals surface area contributed by atoms with E-state index in [1.54, 1.807) is 11.3 Å². The Labute approximate surface area is 116 Å². The van der Waals surface area contributed by atoms with E-state index in [4.69, 9.17) is 9.47 Å². The van der Waals surface area contributed by atoms with Crippen LogP contribution in [0.15, 0.2) is 0 Å². The maximum Gasteiger partial charge on any atom is 0.309 e. The van der Waals surface area contributed by atoms with Crippen LogP contribution in [-0.2, 0) is 31.9 Å². The molecule has 0 radical (unpaired) electrons. The zero-order chi connectivity index (χ0) is 14.2. The standard InChI is InChI=1S/C14H18O4S/c1-7-9-5-11(13(15)17-3)12(14(16)18-4)6-10(9)8(2)19-7/h11-12H,5-6H2,1-4H3/t11-,12-/m1/s1. The lowest BCUT2D eigenvalue weighted by Gasteiger charge is -2.28. The van der Waals surface area contributed by atoms with Gasteiger partial charge in [0.2, 0.25) is 0 Å². The minimum atomic E-state index is -0.433. The van der Waals surface area contributed by atoms with E-state index in [-0.39, 0.29) is 11.9 Å². The molecule has 1 aliphatic carbocycles. The molecule has 0 saturated heterocycles. The molecule has 0 unspecified atom stereocenters. The van der Waals surface area contributed by atoms with E-state index >= 15 is 0 Å². The summed E-state index contributed by atoms with van der Waals surface area (Å²) < 4.78 is 9.67. The summed E-state index contributed by atoms with van der Waals surface area (Å²) in [6, 6.07) is 0. The molecule has 19 heavy (non-hydrogen) atoms. The number of esters is 2. The van der Waals surface area contributed by atoms with Crippen molar-refractivity contribution in [3.05, 3.63) is 20.9 Å². The second-order valence-electron chi connectivity index (χ2n) is 4.84. The monoisotopic (exact) mass is 282 g/mol. The Kier molecular flexibility index (Phi) is 3.94. The van der Waals surface area contributed by atoms with Crippen molar-refractivity contribution < 1.29 is 19.1 Å². The molecule has 1 aliphatic rings. The molecule has 1 aromatic heterocycles. The third-order valence-corrected chi connectivity index (χ3v) is 4.97. The number of carbonyl (C=O) groups is 2. The van der Waals surface area contributed by atoms with Crippen LogP contribution in [0.2, 0.25) is 0 Å². The molecule has 1 aromatic rings. The summed E-state index contributed by atoms with van der Waals surface area (Å²) in [6.45, 7) is 4.12. The number of rotatable bonds is 2. The molecule has 0 aliphatic heterocycles. The number of methoxy groups -OCH3 is 2. The van der Waals surface area contributed by atoms with Crippen LogP contribution in [0.4, 0.5) is 0 Å². The lowest BCUT2D eigenvalue weighted by atomic mass is 9.76. The van der Waals surface area contributed by atoms with Crippen LogP contribution >= 0.6 is 11.3 Å². The van der Waals surface area contributed by atoms with Gasteiger partial charge in [-0.2, -0.15) is 0 Å². The van der Waals surface area contributed by atoms with E-state index in [0.29, 0.717) is 12.8 Å². The summed E-state index contributed by atoms with van der Waals surface area (Å²) in [4.78, 5) is 26.3. The van der Waals surface area contributed by atoms with Gasteiger partial charge in [-0.25, -0.2) is 0 Å². The minimum absolute atomic E-state index is 0.329. The van der Waals surface area contributed by atoms with E-state index in [2.05, 4.69) is 13.8 Å². The van der Waals surface area contributed by atoms with Crippen LogP contribution in [0.1, 0.15) is 20.9 Å². The Morgan fingerprint density at radius 2 is 1.32 bits per heavy atom. The first-order valence-corrected chi connectivity index (χ1v) is 7.04. The van der Waals surface area contributed by atoms with E-state index < -0.39 is 11.8 Å². The van der Waals surface area contributed by atoms with Crippen LogP contribution in [0.3, 0.4) is 0 Å². The van der Waals surface area contributed by atoms with Crippen LogP contribution in [0.25, 0.3) is 0 Å². The quantitative estimate of drug-likeness (QED) is 0.779. The Hall–Kier alpha value is -1.36. The first kappa shape index (κ1) is 14.1. The molecule has 2 rings (SSSR count). The van der Waals surface area contributed by atoms with Gasteiger partial charge in [-0.05, 0) is 37.8 Å². The SMILES string of the molecule is COC(=O)[C@@H]1Cc2c(C)sc(C)c2C[C@H]1C(=O)OC. The number of fused-ring (bicyclic) bond motifs is 1. The first-order valence-electron chi connectivity index (χ1n) is 6.23. The fourth-order valence-corrected chi connectivity index (χ4v) is 3.95. The average Bonchev–Trinajstić information content (AvgIpc) is 2.70. The van der Waals surface area contributed by atoms with Crippen molar-refractivity contribution in [1.29, 1.82) is 0 Å². The fourth-order valence-electron chi connectivity index (χ4n) is 2.83. The van der Waals surface area contributed by atoms with Crippen LogP contribution in [0, 0.1) is 25.7 Å². The summed E-state index contributed by atoms with van der Waals surface area (Å²) in [5.74, 6) is -1.52. The largest absolute Gasteiger partial charge is 0.469 e. The lowest BCUT2D eigenvalue weighted by molar-refractivity contribution is -0.158. The molecular weight excluding hydrogens is 264 g/mol. The third kappa shape index (κ3) is 2.39. The van der Waals surface area contributed by atoms with Crippen LogP contribution < -0.4 is 0 Å². The summed E-state index contributed by atoms with van der Waals surface area (Å²) in [6.07, 6.45) is 1.13. The van der Waals surface area contributed by atoms with Gasteiger partial charge < -0.3 is 9.47 Å². The van der Waals surface area contributed by atoms with E-state index in [0.717, 1.165) is 0 Å². The zero-order valence-electron chi connectivity index (χ0n) is 11.6. The van der Waals surface area contributed by atoms with Crippen molar-refractivity contribution >= 4 is 23.3 Å². The molecule has 1 heterocycles. The van der Waals surface area contributed by atoms with Gasteiger partial charge in [0.25, 0.3) is 0 Å². The number of hydrogen-bond acceptors (Lipinski definition) is 5. The second kappa shape index (κ2) is 5.33. The number of carbonyl (C=O) groups excluding carboxylic acids is 2. The summed E-state index contributed by atoms with van der Waals surface area (Å²) in [5, 5.41) is 0. The Balaban J connectivity index is 2.41. The van der Waals surface area contributed by atoms with E-state index in [1.807, 2.05) is 0 Å². The van der Waals surface area contributed by atoms with Gasteiger partial charge in [0, 0.05) is 9.75 Å². The number of ether oxygens (including phenoxy) is 2. The lowest BCUT2D eigenvalue weighted by Crippen LogP contribution is -2.37. The Morgan fingerprint density at radius 3 is 1.63 bits per heavy atom. The van der Waals surface area contributed by atoms with Crippen molar-refractivity contribution in [2.24, 2.45) is 11.8 Å².